The molecule has 1 aromatic rings. The van der Waals surface area contributed by atoms with E-state index in [2.05, 4.69) is 15.0 Å². The zero-order chi connectivity index (χ0) is 13.7. The molecule has 0 unspecified atom stereocenters. The molecular formula is C13H20N4O2. The van der Waals surface area contributed by atoms with Gasteiger partial charge in [-0.25, -0.2) is 0 Å². The molecule has 3 N–H and O–H groups in total. The van der Waals surface area contributed by atoms with Crippen molar-refractivity contribution in [3.8, 4) is 0 Å². The van der Waals surface area contributed by atoms with Crippen molar-refractivity contribution in [3.63, 3.8) is 0 Å². The lowest BCUT2D eigenvalue weighted by Gasteiger charge is -2.33. The molecule has 104 valence electrons. The summed E-state index contributed by atoms with van der Waals surface area (Å²) >= 11 is 0. The molecule has 0 spiro atoms. The Hall–Kier alpha value is -1.82. The first-order valence-electron chi connectivity index (χ1n) is 6.42. The van der Waals surface area contributed by atoms with E-state index in [1.54, 1.807) is 19.4 Å². The maximum absolute atomic E-state index is 8.59. The number of aromatic nitrogens is 1. The molecular weight excluding hydrogens is 244 g/mol. The molecule has 1 saturated heterocycles. The molecule has 6 heteroatoms. The van der Waals surface area contributed by atoms with Crippen molar-refractivity contribution in [2.75, 3.05) is 31.7 Å². The second kappa shape index (κ2) is 6.38. The number of oxime groups is 1. The van der Waals surface area contributed by atoms with Gasteiger partial charge in [-0.3, -0.25) is 4.98 Å². The largest absolute Gasteiger partial charge is 0.409 e. The average Bonchev–Trinajstić information content (AvgIpc) is 2.48. The lowest BCUT2D eigenvalue weighted by atomic mass is 9.97. The van der Waals surface area contributed by atoms with Crippen LogP contribution in [0.15, 0.2) is 23.5 Å². The van der Waals surface area contributed by atoms with Crippen molar-refractivity contribution in [3.05, 3.63) is 24.0 Å². The van der Waals surface area contributed by atoms with Crippen LogP contribution in [-0.4, -0.2) is 42.8 Å². The first kappa shape index (κ1) is 13.6. The quantitative estimate of drug-likeness (QED) is 0.367. The van der Waals surface area contributed by atoms with Crippen LogP contribution in [0.5, 0.6) is 0 Å². The number of nitrogens with zero attached hydrogens (tertiary/aromatic N) is 3. The van der Waals surface area contributed by atoms with E-state index in [0.717, 1.165) is 38.2 Å². The fourth-order valence-electron chi connectivity index (χ4n) is 2.37. The summed E-state index contributed by atoms with van der Waals surface area (Å²) in [5.41, 5.74) is 7.05. The number of ether oxygens (including phenoxy) is 1. The van der Waals surface area contributed by atoms with E-state index in [1.165, 1.54) is 0 Å². The van der Waals surface area contributed by atoms with Crippen LogP contribution >= 0.6 is 0 Å². The normalized spacial score (nSPS) is 17.7. The van der Waals surface area contributed by atoms with E-state index in [1.807, 2.05) is 6.07 Å². The number of methoxy groups -OCH3 is 1. The minimum atomic E-state index is 0.0327. The van der Waals surface area contributed by atoms with Gasteiger partial charge >= 0.3 is 0 Å². The first-order chi connectivity index (χ1) is 9.24. The third kappa shape index (κ3) is 3.35. The van der Waals surface area contributed by atoms with E-state index >= 15 is 0 Å². The molecule has 19 heavy (non-hydrogen) atoms. The first-order valence-corrected chi connectivity index (χ1v) is 6.42. The topological polar surface area (TPSA) is 84.0 Å². The molecule has 0 aliphatic carbocycles. The second-order valence-electron chi connectivity index (χ2n) is 4.77. The van der Waals surface area contributed by atoms with Gasteiger partial charge in [0.25, 0.3) is 0 Å². The molecule has 0 aromatic carbocycles. The number of amidine groups is 1. The van der Waals surface area contributed by atoms with Crippen molar-refractivity contribution in [1.82, 2.24) is 4.98 Å². The smallest absolute Gasteiger partial charge is 0.188 e. The van der Waals surface area contributed by atoms with Gasteiger partial charge < -0.3 is 20.6 Å². The SMILES string of the molecule is COCC1CCN(c2ccc(/C(N)=N/O)nc2)CC1. The Bertz CT molecular complexity index is 425. The maximum Gasteiger partial charge on any atom is 0.188 e. The Morgan fingerprint density at radius 2 is 2.26 bits per heavy atom. The van der Waals surface area contributed by atoms with Crippen LogP contribution in [0.4, 0.5) is 5.69 Å². The van der Waals surface area contributed by atoms with E-state index in [9.17, 15) is 0 Å². The number of piperidine rings is 1. The lowest BCUT2D eigenvalue weighted by molar-refractivity contribution is 0.139. The van der Waals surface area contributed by atoms with Crippen molar-refractivity contribution in [1.29, 1.82) is 0 Å². The number of pyridine rings is 1. The van der Waals surface area contributed by atoms with Crippen LogP contribution in [0.25, 0.3) is 0 Å². The monoisotopic (exact) mass is 264 g/mol. The van der Waals surface area contributed by atoms with Gasteiger partial charge in [-0.1, -0.05) is 5.16 Å². The Balaban J connectivity index is 1.96. The highest BCUT2D eigenvalue weighted by Crippen LogP contribution is 2.22. The lowest BCUT2D eigenvalue weighted by Crippen LogP contribution is -2.35. The molecule has 1 fully saturated rings. The number of hydrogen-bond acceptors (Lipinski definition) is 5. The van der Waals surface area contributed by atoms with Crippen LogP contribution in [0.1, 0.15) is 18.5 Å². The number of nitrogens with two attached hydrogens (primary N) is 1. The van der Waals surface area contributed by atoms with Crippen molar-refractivity contribution in [2.24, 2.45) is 16.8 Å². The molecule has 0 amide bonds. The fourth-order valence-corrected chi connectivity index (χ4v) is 2.37. The van der Waals surface area contributed by atoms with Crippen LogP contribution in [0, 0.1) is 5.92 Å². The molecule has 2 rings (SSSR count). The van der Waals surface area contributed by atoms with Crippen LogP contribution in [0.2, 0.25) is 0 Å². The predicted molar refractivity (Wildman–Crippen MR) is 73.6 cm³/mol. The maximum atomic E-state index is 8.59. The minimum absolute atomic E-state index is 0.0327. The van der Waals surface area contributed by atoms with Gasteiger partial charge in [0, 0.05) is 26.8 Å². The van der Waals surface area contributed by atoms with E-state index in [-0.39, 0.29) is 5.84 Å². The van der Waals surface area contributed by atoms with Gasteiger partial charge in [0.05, 0.1) is 11.9 Å². The predicted octanol–water partition coefficient (Wildman–Crippen LogP) is 1.04. The summed E-state index contributed by atoms with van der Waals surface area (Å²) in [6.45, 7) is 2.87. The van der Waals surface area contributed by atoms with Crippen molar-refractivity contribution in [2.45, 2.75) is 12.8 Å². The third-order valence-corrected chi connectivity index (χ3v) is 3.50. The standard InChI is InChI=1S/C13H20N4O2/c1-19-9-10-4-6-17(7-5-10)11-2-3-12(15-8-11)13(14)16-18/h2-3,8,10,18H,4-7,9H2,1H3,(H2,14,16). The third-order valence-electron chi connectivity index (χ3n) is 3.50. The van der Waals surface area contributed by atoms with Gasteiger partial charge in [0.2, 0.25) is 0 Å². The van der Waals surface area contributed by atoms with E-state index in [4.69, 9.17) is 15.7 Å². The molecule has 0 bridgehead atoms. The summed E-state index contributed by atoms with van der Waals surface area (Å²) in [5, 5.41) is 11.5. The summed E-state index contributed by atoms with van der Waals surface area (Å²) in [6, 6.07) is 3.72. The summed E-state index contributed by atoms with van der Waals surface area (Å²) in [6.07, 6.45) is 4.04. The molecule has 0 atom stereocenters. The Morgan fingerprint density at radius 1 is 1.53 bits per heavy atom. The highest BCUT2D eigenvalue weighted by Gasteiger charge is 2.19. The number of rotatable bonds is 4. The highest BCUT2D eigenvalue weighted by atomic mass is 16.5. The summed E-state index contributed by atoms with van der Waals surface area (Å²) in [5.74, 6) is 0.691. The molecule has 1 aliphatic heterocycles. The van der Waals surface area contributed by atoms with E-state index in [0.29, 0.717) is 11.6 Å². The molecule has 0 radical (unpaired) electrons. The van der Waals surface area contributed by atoms with E-state index < -0.39 is 0 Å². The summed E-state index contributed by atoms with van der Waals surface area (Å²) in [7, 11) is 1.75. The van der Waals surface area contributed by atoms with Gasteiger partial charge in [0.15, 0.2) is 5.84 Å². The molecule has 1 aliphatic rings. The van der Waals surface area contributed by atoms with Crippen molar-refractivity contribution >= 4 is 11.5 Å². The average molecular weight is 264 g/mol. The molecule has 0 saturated carbocycles. The Kier molecular flexibility index (Phi) is 4.57. The second-order valence-corrected chi connectivity index (χ2v) is 4.77. The van der Waals surface area contributed by atoms with Crippen LogP contribution in [-0.2, 0) is 4.74 Å². The minimum Gasteiger partial charge on any atom is -0.409 e. The molecule has 6 nitrogen and oxygen atoms in total. The van der Waals surface area contributed by atoms with Gasteiger partial charge in [-0.2, -0.15) is 0 Å². The zero-order valence-corrected chi connectivity index (χ0v) is 11.1. The van der Waals surface area contributed by atoms with Crippen LogP contribution in [0.3, 0.4) is 0 Å². The zero-order valence-electron chi connectivity index (χ0n) is 11.1. The summed E-state index contributed by atoms with van der Waals surface area (Å²) < 4.78 is 5.20. The summed E-state index contributed by atoms with van der Waals surface area (Å²) in [4.78, 5) is 6.50. The van der Waals surface area contributed by atoms with Gasteiger partial charge in [-0.05, 0) is 30.9 Å². The van der Waals surface area contributed by atoms with Gasteiger partial charge in [-0.15, -0.1) is 0 Å². The number of hydrogen-bond donors (Lipinski definition) is 2. The van der Waals surface area contributed by atoms with Crippen molar-refractivity contribution < 1.29 is 9.94 Å². The highest BCUT2D eigenvalue weighted by molar-refractivity contribution is 5.95. The van der Waals surface area contributed by atoms with Gasteiger partial charge in [0.1, 0.15) is 5.69 Å². The number of anilines is 1. The Labute approximate surface area is 112 Å². The van der Waals surface area contributed by atoms with Crippen LogP contribution < -0.4 is 10.6 Å². The molecule has 2 heterocycles. The molecule has 1 aromatic heterocycles. The fraction of sp³-hybridized carbons (Fsp3) is 0.538. The Morgan fingerprint density at radius 3 is 2.79 bits per heavy atom.